The first kappa shape index (κ1) is 14.9. The quantitative estimate of drug-likeness (QED) is 0.759. The number of hydrogen-bond donors (Lipinski definition) is 3. The van der Waals surface area contributed by atoms with Crippen LogP contribution in [0.1, 0.15) is 24.2 Å². The summed E-state index contributed by atoms with van der Waals surface area (Å²) >= 11 is 0. The van der Waals surface area contributed by atoms with E-state index in [2.05, 4.69) is 10.6 Å². The van der Waals surface area contributed by atoms with Crippen molar-refractivity contribution in [1.82, 2.24) is 5.32 Å². The first-order valence-electron chi connectivity index (χ1n) is 5.77. The Labute approximate surface area is 110 Å². The molecule has 1 aromatic rings. The van der Waals surface area contributed by atoms with Crippen molar-refractivity contribution in [2.75, 3.05) is 18.9 Å². The molecule has 1 amide bonds. The molecular weight excluding hydrogens is 251 g/mol. The maximum Gasteiger partial charge on any atom is 0.337 e. The van der Waals surface area contributed by atoms with Crippen molar-refractivity contribution < 1.29 is 19.1 Å². The predicted molar refractivity (Wildman–Crippen MR) is 69.7 cm³/mol. The van der Waals surface area contributed by atoms with Crippen molar-refractivity contribution in [3.63, 3.8) is 0 Å². The molecule has 0 aliphatic carbocycles. The molecule has 5 nitrogen and oxygen atoms in total. The molecule has 0 aliphatic rings. The molecule has 0 fully saturated rings. The van der Waals surface area contributed by atoms with Crippen LogP contribution in [0.2, 0.25) is 0 Å². The summed E-state index contributed by atoms with van der Waals surface area (Å²) < 4.78 is 13.6. The predicted octanol–water partition coefficient (Wildman–Crippen LogP) is 1.71. The number of rotatable bonds is 5. The van der Waals surface area contributed by atoms with Gasteiger partial charge in [-0.05, 0) is 26.0 Å². The number of amides is 1. The third kappa shape index (κ3) is 3.43. The van der Waals surface area contributed by atoms with E-state index in [9.17, 15) is 14.0 Å². The maximum absolute atomic E-state index is 13.6. The summed E-state index contributed by atoms with van der Waals surface area (Å²) in [6, 6.07) is 3.80. The molecule has 1 rings (SSSR count). The molecule has 0 radical (unpaired) electrons. The number of benzene rings is 1. The Bertz CT molecular complexity index is 501. The maximum atomic E-state index is 13.6. The van der Waals surface area contributed by atoms with Crippen LogP contribution in [0.3, 0.4) is 0 Å². The number of halogens is 1. The lowest BCUT2D eigenvalue weighted by Crippen LogP contribution is -2.39. The van der Waals surface area contributed by atoms with Crippen molar-refractivity contribution in [3.05, 3.63) is 29.6 Å². The molecule has 6 heteroatoms. The molecule has 1 aromatic carbocycles. The van der Waals surface area contributed by atoms with Gasteiger partial charge in [0.1, 0.15) is 5.82 Å². The Hall–Kier alpha value is -2.11. The number of aromatic carboxylic acids is 1. The van der Waals surface area contributed by atoms with Gasteiger partial charge in [0.25, 0.3) is 0 Å². The van der Waals surface area contributed by atoms with Gasteiger partial charge in [0, 0.05) is 13.6 Å². The first-order valence-corrected chi connectivity index (χ1v) is 5.77. The van der Waals surface area contributed by atoms with E-state index in [0.29, 0.717) is 0 Å². The third-order valence-corrected chi connectivity index (χ3v) is 2.79. The zero-order valence-corrected chi connectivity index (χ0v) is 11.1. The Balaban J connectivity index is 2.95. The fraction of sp³-hybridized carbons (Fsp3) is 0.385. The lowest BCUT2D eigenvalue weighted by Gasteiger charge is -2.24. The Morgan fingerprint density at radius 1 is 1.37 bits per heavy atom. The number of hydrogen-bond acceptors (Lipinski definition) is 3. The number of carboxylic acid groups (broad SMARTS) is 1. The molecule has 0 unspecified atom stereocenters. The zero-order valence-electron chi connectivity index (χ0n) is 11.1. The van der Waals surface area contributed by atoms with Gasteiger partial charge in [0.15, 0.2) is 0 Å². The van der Waals surface area contributed by atoms with Gasteiger partial charge in [-0.2, -0.15) is 0 Å². The smallest absolute Gasteiger partial charge is 0.337 e. The van der Waals surface area contributed by atoms with E-state index in [1.54, 1.807) is 13.8 Å². The minimum Gasteiger partial charge on any atom is -0.478 e. The van der Waals surface area contributed by atoms with Crippen LogP contribution in [0.25, 0.3) is 0 Å². The van der Waals surface area contributed by atoms with Crippen LogP contribution in [0.15, 0.2) is 18.2 Å². The van der Waals surface area contributed by atoms with E-state index in [1.165, 1.54) is 25.2 Å². The van der Waals surface area contributed by atoms with Gasteiger partial charge in [0.2, 0.25) is 5.91 Å². The fourth-order valence-electron chi connectivity index (χ4n) is 1.61. The highest BCUT2D eigenvalue weighted by atomic mass is 19.1. The summed E-state index contributed by atoms with van der Waals surface area (Å²) in [6.07, 6.45) is 0. The van der Waals surface area contributed by atoms with Crippen LogP contribution in [0.4, 0.5) is 10.1 Å². The summed E-state index contributed by atoms with van der Waals surface area (Å²) in [5.74, 6) is -2.10. The monoisotopic (exact) mass is 268 g/mol. The largest absolute Gasteiger partial charge is 0.478 e. The van der Waals surface area contributed by atoms with Gasteiger partial charge in [-0.25, -0.2) is 9.18 Å². The van der Waals surface area contributed by atoms with Gasteiger partial charge in [-0.3, -0.25) is 4.79 Å². The van der Waals surface area contributed by atoms with Gasteiger partial charge in [-0.1, -0.05) is 6.07 Å². The molecule has 0 bridgehead atoms. The van der Waals surface area contributed by atoms with E-state index in [1.807, 2.05) is 0 Å². The highest BCUT2D eigenvalue weighted by Crippen LogP contribution is 2.23. The molecule has 104 valence electrons. The lowest BCUT2D eigenvalue weighted by atomic mass is 9.92. The fourth-order valence-corrected chi connectivity index (χ4v) is 1.61. The second-order valence-electron chi connectivity index (χ2n) is 4.78. The second kappa shape index (κ2) is 5.69. The van der Waals surface area contributed by atoms with Crippen molar-refractivity contribution in [2.45, 2.75) is 13.8 Å². The van der Waals surface area contributed by atoms with Gasteiger partial charge in [-0.15, -0.1) is 0 Å². The average molecular weight is 268 g/mol. The number of anilines is 1. The average Bonchev–Trinajstić information content (AvgIpc) is 2.35. The molecule has 0 aliphatic heterocycles. The molecule has 0 saturated carbocycles. The van der Waals surface area contributed by atoms with E-state index >= 15 is 0 Å². The lowest BCUT2D eigenvalue weighted by molar-refractivity contribution is -0.128. The van der Waals surface area contributed by atoms with E-state index in [4.69, 9.17) is 5.11 Å². The first-order chi connectivity index (χ1) is 8.79. The van der Waals surface area contributed by atoms with E-state index in [-0.39, 0.29) is 23.7 Å². The highest BCUT2D eigenvalue weighted by molar-refractivity contribution is 5.94. The minimum absolute atomic E-state index is 0.105. The summed E-state index contributed by atoms with van der Waals surface area (Å²) in [5.41, 5.74) is -1.05. The second-order valence-corrected chi connectivity index (χ2v) is 4.78. The molecule has 3 N–H and O–H groups in total. The van der Waals surface area contributed by atoms with Crippen LogP contribution in [0, 0.1) is 11.2 Å². The van der Waals surface area contributed by atoms with Crippen LogP contribution < -0.4 is 10.6 Å². The third-order valence-electron chi connectivity index (χ3n) is 2.79. The van der Waals surface area contributed by atoms with Crippen LogP contribution >= 0.6 is 0 Å². The van der Waals surface area contributed by atoms with Crippen molar-refractivity contribution in [2.24, 2.45) is 5.41 Å². The summed E-state index contributed by atoms with van der Waals surface area (Å²) in [4.78, 5) is 22.6. The number of para-hydroxylation sites is 1. The Kier molecular flexibility index (Phi) is 4.47. The molecular formula is C13H17FN2O3. The number of carboxylic acids is 1. The zero-order chi connectivity index (χ0) is 14.6. The SMILES string of the molecule is CNC(=O)C(C)(C)CNc1c(F)cccc1C(=O)O. The van der Waals surface area contributed by atoms with Crippen LogP contribution in [0.5, 0.6) is 0 Å². The van der Waals surface area contributed by atoms with Crippen molar-refractivity contribution in [1.29, 1.82) is 0 Å². The van der Waals surface area contributed by atoms with Crippen LogP contribution in [-0.4, -0.2) is 30.6 Å². The molecule has 0 atom stereocenters. The topological polar surface area (TPSA) is 78.4 Å². The summed E-state index contributed by atoms with van der Waals surface area (Å²) in [5, 5.41) is 14.2. The Morgan fingerprint density at radius 3 is 2.53 bits per heavy atom. The van der Waals surface area contributed by atoms with Crippen molar-refractivity contribution in [3.8, 4) is 0 Å². The van der Waals surface area contributed by atoms with Crippen LogP contribution in [-0.2, 0) is 4.79 Å². The van der Waals surface area contributed by atoms with E-state index in [0.717, 1.165) is 0 Å². The van der Waals surface area contributed by atoms with Gasteiger partial charge >= 0.3 is 5.97 Å². The number of carbonyl (C=O) groups is 2. The molecule has 0 aromatic heterocycles. The van der Waals surface area contributed by atoms with Gasteiger partial charge in [0.05, 0.1) is 16.7 Å². The van der Waals surface area contributed by atoms with Crippen molar-refractivity contribution >= 4 is 17.6 Å². The normalized spacial score (nSPS) is 10.9. The number of carbonyl (C=O) groups excluding carboxylic acids is 1. The van der Waals surface area contributed by atoms with E-state index < -0.39 is 17.2 Å². The summed E-state index contributed by atoms with van der Waals surface area (Å²) in [6.45, 7) is 3.48. The minimum atomic E-state index is -1.22. The van der Waals surface area contributed by atoms with Gasteiger partial charge < -0.3 is 15.7 Å². The molecule has 19 heavy (non-hydrogen) atoms. The standard InChI is InChI=1S/C13H17FN2O3/c1-13(2,12(19)15-3)7-16-10-8(11(17)18)5-4-6-9(10)14/h4-6,16H,7H2,1-3H3,(H,15,19)(H,17,18). The molecule has 0 spiro atoms. The number of nitrogens with one attached hydrogen (secondary N) is 2. The molecule has 0 saturated heterocycles. The molecule has 0 heterocycles. The highest BCUT2D eigenvalue weighted by Gasteiger charge is 2.27. The summed E-state index contributed by atoms with van der Waals surface area (Å²) in [7, 11) is 1.51. The Morgan fingerprint density at radius 2 is 2.00 bits per heavy atom.